The highest BCUT2D eigenvalue weighted by molar-refractivity contribution is 7.25. The number of benzene rings is 5. The number of aromatic nitrogens is 1. The lowest BCUT2D eigenvalue weighted by Gasteiger charge is -2.12. The Labute approximate surface area is 222 Å². The van der Waals surface area contributed by atoms with Gasteiger partial charge in [-0.05, 0) is 83.2 Å². The SMILES string of the molecule is [C-]#[N+]c1cc(-c2ccc3sc4ccccc4c3c2)cc(-n2c3ccc(C#N)cc3c3cc([N+]#[C-])ccc32)c1. The summed E-state index contributed by atoms with van der Waals surface area (Å²) in [7, 11) is 0. The Balaban J connectivity index is 1.51. The van der Waals surface area contributed by atoms with Crippen molar-refractivity contribution < 1.29 is 0 Å². The molecule has 2 aromatic heterocycles. The lowest BCUT2D eigenvalue weighted by Crippen LogP contribution is -1.94. The predicted molar refractivity (Wildman–Crippen MR) is 156 cm³/mol. The molecule has 0 radical (unpaired) electrons. The van der Waals surface area contributed by atoms with Gasteiger partial charge in [0, 0.05) is 31.2 Å². The molecular weight excluding hydrogens is 484 g/mol. The van der Waals surface area contributed by atoms with E-state index in [1.165, 1.54) is 20.2 Å². The highest BCUT2D eigenvalue weighted by Crippen LogP contribution is 2.39. The van der Waals surface area contributed by atoms with Crippen LogP contribution >= 0.6 is 11.3 Å². The van der Waals surface area contributed by atoms with Crippen LogP contribution in [0.3, 0.4) is 0 Å². The summed E-state index contributed by atoms with van der Waals surface area (Å²) in [5, 5.41) is 13.8. The number of hydrogen-bond acceptors (Lipinski definition) is 2. The van der Waals surface area contributed by atoms with E-state index in [2.05, 4.69) is 68.9 Å². The predicted octanol–water partition coefficient (Wildman–Crippen LogP) is 9.79. The van der Waals surface area contributed by atoms with E-state index in [1.54, 1.807) is 11.3 Å². The van der Waals surface area contributed by atoms with Crippen molar-refractivity contribution >= 4 is 64.7 Å². The van der Waals surface area contributed by atoms with Gasteiger partial charge in [0.05, 0.1) is 35.8 Å². The Morgan fingerprint density at radius 1 is 0.632 bits per heavy atom. The Morgan fingerprint density at radius 3 is 2.21 bits per heavy atom. The van der Waals surface area contributed by atoms with Crippen LogP contribution in [0.5, 0.6) is 0 Å². The van der Waals surface area contributed by atoms with Crippen LogP contribution in [0.15, 0.2) is 97.1 Å². The highest BCUT2D eigenvalue weighted by atomic mass is 32.1. The van der Waals surface area contributed by atoms with Crippen molar-refractivity contribution in [2.24, 2.45) is 0 Å². The number of rotatable bonds is 2. The second kappa shape index (κ2) is 8.32. The standard InChI is InChI=1S/C33H16N4S/c1-35-23-9-11-31-28(18-23)27-13-20(19-34)7-10-30(27)37(31)25-15-22(14-24(17-25)36-2)21-8-12-33-29(16-21)26-5-3-4-6-32(26)38-33/h3-18H. The lowest BCUT2D eigenvalue weighted by molar-refractivity contribution is 1.18. The molecule has 0 aliphatic heterocycles. The second-order valence-electron chi connectivity index (χ2n) is 9.15. The molecule has 38 heavy (non-hydrogen) atoms. The topological polar surface area (TPSA) is 37.4 Å². The summed E-state index contributed by atoms with van der Waals surface area (Å²) in [4.78, 5) is 7.41. The summed E-state index contributed by atoms with van der Waals surface area (Å²) < 4.78 is 4.62. The smallest absolute Gasteiger partial charge is 0.189 e. The van der Waals surface area contributed by atoms with Crippen molar-refractivity contribution in [3.63, 3.8) is 0 Å². The summed E-state index contributed by atoms with van der Waals surface area (Å²) in [5.41, 5.74) is 6.40. The summed E-state index contributed by atoms with van der Waals surface area (Å²) in [6, 6.07) is 34.4. The van der Waals surface area contributed by atoms with E-state index in [4.69, 9.17) is 13.1 Å². The van der Waals surface area contributed by atoms with Gasteiger partial charge in [0.1, 0.15) is 0 Å². The summed E-state index contributed by atoms with van der Waals surface area (Å²) in [6.45, 7) is 15.3. The van der Waals surface area contributed by atoms with Crippen LogP contribution in [0.2, 0.25) is 0 Å². The molecule has 7 aromatic rings. The Kier molecular flexibility index (Phi) is 4.78. The number of hydrogen-bond donors (Lipinski definition) is 0. The second-order valence-corrected chi connectivity index (χ2v) is 10.2. The molecule has 0 unspecified atom stereocenters. The minimum Gasteiger partial charge on any atom is -0.311 e. The first-order valence-electron chi connectivity index (χ1n) is 12.0. The van der Waals surface area contributed by atoms with Gasteiger partial charge in [0.2, 0.25) is 0 Å². The fourth-order valence-electron chi connectivity index (χ4n) is 5.29. The molecule has 0 aliphatic rings. The van der Waals surface area contributed by atoms with Crippen molar-refractivity contribution in [3.8, 4) is 22.9 Å². The molecule has 174 valence electrons. The molecule has 0 saturated heterocycles. The van der Waals surface area contributed by atoms with E-state index in [0.717, 1.165) is 38.6 Å². The average Bonchev–Trinajstić information content (AvgIpc) is 3.51. The van der Waals surface area contributed by atoms with Crippen LogP contribution in [0.1, 0.15) is 5.56 Å². The number of nitriles is 1. The van der Waals surface area contributed by atoms with Gasteiger partial charge in [-0.3, -0.25) is 0 Å². The molecule has 0 fully saturated rings. The van der Waals surface area contributed by atoms with Crippen molar-refractivity contribution in [1.29, 1.82) is 5.26 Å². The molecule has 2 heterocycles. The van der Waals surface area contributed by atoms with Gasteiger partial charge in [-0.15, -0.1) is 11.3 Å². The van der Waals surface area contributed by atoms with Crippen LogP contribution in [0.25, 0.3) is 68.5 Å². The Hall–Kier alpha value is -5.41. The summed E-state index contributed by atoms with van der Waals surface area (Å²) >= 11 is 1.79. The maximum absolute atomic E-state index is 9.51. The minimum atomic E-state index is 0.547. The van der Waals surface area contributed by atoms with Crippen LogP contribution in [0.4, 0.5) is 11.4 Å². The molecule has 0 aliphatic carbocycles. The van der Waals surface area contributed by atoms with Gasteiger partial charge in [-0.2, -0.15) is 5.26 Å². The first kappa shape index (κ1) is 21.8. The van der Waals surface area contributed by atoms with E-state index < -0.39 is 0 Å². The number of nitrogens with zero attached hydrogens (tertiary/aromatic N) is 4. The van der Waals surface area contributed by atoms with Crippen molar-refractivity contribution in [3.05, 3.63) is 125 Å². The van der Waals surface area contributed by atoms with E-state index in [1.807, 2.05) is 48.5 Å². The Bertz CT molecular complexity index is 2160. The van der Waals surface area contributed by atoms with Gasteiger partial charge in [0.25, 0.3) is 0 Å². The zero-order valence-corrected chi connectivity index (χ0v) is 20.8. The molecule has 7 rings (SSSR count). The quantitative estimate of drug-likeness (QED) is 0.218. The van der Waals surface area contributed by atoms with Crippen LogP contribution < -0.4 is 0 Å². The number of thiophene rings is 1. The van der Waals surface area contributed by atoms with E-state index in [-0.39, 0.29) is 0 Å². The van der Waals surface area contributed by atoms with Crippen molar-refractivity contribution in [2.75, 3.05) is 0 Å². The molecule has 0 N–H and O–H groups in total. The molecule has 0 amide bonds. The largest absolute Gasteiger partial charge is 0.311 e. The van der Waals surface area contributed by atoms with E-state index in [9.17, 15) is 5.26 Å². The minimum absolute atomic E-state index is 0.547. The first-order chi connectivity index (χ1) is 18.7. The third kappa shape index (κ3) is 3.26. The molecular formula is C33H16N4S. The highest BCUT2D eigenvalue weighted by Gasteiger charge is 2.16. The summed E-state index contributed by atoms with van der Waals surface area (Å²) in [5.74, 6) is 0. The third-order valence-corrected chi connectivity index (χ3v) is 8.16. The fraction of sp³-hybridized carbons (Fsp3) is 0. The molecule has 0 saturated carbocycles. The third-order valence-electron chi connectivity index (χ3n) is 7.01. The Morgan fingerprint density at radius 2 is 1.39 bits per heavy atom. The normalized spacial score (nSPS) is 11.1. The van der Waals surface area contributed by atoms with Gasteiger partial charge in [-0.25, -0.2) is 9.69 Å². The van der Waals surface area contributed by atoms with Gasteiger partial charge in [0.15, 0.2) is 11.4 Å². The fourth-order valence-corrected chi connectivity index (χ4v) is 6.38. The van der Waals surface area contributed by atoms with Gasteiger partial charge >= 0.3 is 0 Å². The molecule has 5 heteroatoms. The zero-order chi connectivity index (χ0) is 25.8. The monoisotopic (exact) mass is 500 g/mol. The number of fused-ring (bicyclic) bond motifs is 6. The van der Waals surface area contributed by atoms with Crippen LogP contribution in [0, 0.1) is 24.5 Å². The van der Waals surface area contributed by atoms with Crippen LogP contribution in [-0.4, -0.2) is 4.57 Å². The maximum Gasteiger partial charge on any atom is 0.189 e. The molecule has 0 spiro atoms. The van der Waals surface area contributed by atoms with E-state index >= 15 is 0 Å². The molecule has 5 aromatic carbocycles. The van der Waals surface area contributed by atoms with Crippen LogP contribution in [-0.2, 0) is 0 Å². The van der Waals surface area contributed by atoms with Crippen molar-refractivity contribution in [2.45, 2.75) is 0 Å². The molecule has 4 nitrogen and oxygen atoms in total. The lowest BCUT2D eigenvalue weighted by atomic mass is 10.0. The maximum atomic E-state index is 9.51. The summed E-state index contributed by atoms with van der Waals surface area (Å²) in [6.07, 6.45) is 0. The van der Waals surface area contributed by atoms with Gasteiger partial charge < -0.3 is 4.57 Å². The first-order valence-corrected chi connectivity index (χ1v) is 12.8. The average molecular weight is 501 g/mol. The van der Waals surface area contributed by atoms with E-state index in [0.29, 0.717) is 16.9 Å². The van der Waals surface area contributed by atoms with Crippen molar-refractivity contribution in [1.82, 2.24) is 4.57 Å². The molecule has 0 atom stereocenters. The van der Waals surface area contributed by atoms with Gasteiger partial charge in [-0.1, -0.05) is 30.3 Å². The molecule has 0 bridgehead atoms. The zero-order valence-electron chi connectivity index (χ0n) is 19.9.